The van der Waals surface area contributed by atoms with Crippen molar-refractivity contribution in [3.63, 3.8) is 0 Å². The van der Waals surface area contributed by atoms with Crippen molar-refractivity contribution in [1.29, 1.82) is 0 Å². The molecule has 0 saturated carbocycles. The topological polar surface area (TPSA) is 107 Å². The monoisotopic (exact) mass is 360 g/mol. The molecule has 8 nitrogen and oxygen atoms in total. The zero-order chi connectivity index (χ0) is 19.0. The molecule has 0 fully saturated rings. The van der Waals surface area contributed by atoms with E-state index in [0.717, 1.165) is 11.3 Å². The molecule has 3 aromatic heterocycles. The van der Waals surface area contributed by atoms with Crippen molar-refractivity contribution in [2.24, 2.45) is 0 Å². The van der Waals surface area contributed by atoms with E-state index in [4.69, 9.17) is 5.73 Å². The summed E-state index contributed by atoms with van der Waals surface area (Å²) < 4.78 is 1.99. The summed E-state index contributed by atoms with van der Waals surface area (Å²) in [6, 6.07) is 7.95. The van der Waals surface area contributed by atoms with Crippen LogP contribution in [0.3, 0.4) is 0 Å². The Morgan fingerprint density at radius 1 is 1.04 bits per heavy atom. The third kappa shape index (κ3) is 3.17. The zero-order valence-electron chi connectivity index (χ0n) is 15.4. The van der Waals surface area contributed by atoms with E-state index in [1.807, 2.05) is 17.6 Å². The summed E-state index contributed by atoms with van der Waals surface area (Å²) in [6.45, 7) is 6.89. The highest BCUT2D eigenvalue weighted by Crippen LogP contribution is 2.24. The summed E-state index contributed by atoms with van der Waals surface area (Å²) in [5, 5.41) is 3.26. The standard InChI is InChI=1S/C19H20N8/c1-4-27-16(14-7-8-21-18(20)25-14)24-15-10-22-19(26-17(15)27)23-13-6-5-11(2)12(3)9-13/h5-10H,4H2,1-3H3,(H2,20,21,25)(H,22,23,26). The van der Waals surface area contributed by atoms with Crippen LogP contribution in [0.15, 0.2) is 36.7 Å². The number of benzene rings is 1. The fraction of sp³-hybridized carbons (Fsp3) is 0.211. The Morgan fingerprint density at radius 3 is 2.63 bits per heavy atom. The van der Waals surface area contributed by atoms with E-state index >= 15 is 0 Å². The molecule has 0 radical (unpaired) electrons. The van der Waals surface area contributed by atoms with Gasteiger partial charge in [0.25, 0.3) is 0 Å². The number of hydrogen-bond acceptors (Lipinski definition) is 7. The van der Waals surface area contributed by atoms with Gasteiger partial charge in [0.15, 0.2) is 11.5 Å². The Labute approximate surface area is 156 Å². The lowest BCUT2D eigenvalue weighted by Gasteiger charge is -2.08. The fourth-order valence-corrected chi connectivity index (χ4v) is 2.92. The molecular weight excluding hydrogens is 340 g/mol. The largest absolute Gasteiger partial charge is 0.368 e. The Balaban J connectivity index is 1.76. The Hall–Kier alpha value is -3.55. The molecule has 3 heterocycles. The highest BCUT2D eigenvalue weighted by molar-refractivity contribution is 5.77. The van der Waals surface area contributed by atoms with Gasteiger partial charge in [-0.3, -0.25) is 0 Å². The van der Waals surface area contributed by atoms with E-state index in [9.17, 15) is 0 Å². The van der Waals surface area contributed by atoms with Crippen LogP contribution in [0, 0.1) is 13.8 Å². The minimum absolute atomic E-state index is 0.213. The molecule has 0 aliphatic rings. The molecule has 1 aromatic carbocycles. The van der Waals surface area contributed by atoms with E-state index in [1.54, 1.807) is 18.5 Å². The van der Waals surface area contributed by atoms with Gasteiger partial charge in [-0.15, -0.1) is 0 Å². The van der Waals surface area contributed by atoms with Gasteiger partial charge in [0.1, 0.15) is 11.2 Å². The number of anilines is 3. The van der Waals surface area contributed by atoms with Crippen LogP contribution in [0.5, 0.6) is 0 Å². The highest BCUT2D eigenvalue weighted by atomic mass is 15.2. The van der Waals surface area contributed by atoms with Gasteiger partial charge in [0.2, 0.25) is 11.9 Å². The average molecular weight is 360 g/mol. The van der Waals surface area contributed by atoms with Gasteiger partial charge in [-0.25, -0.2) is 19.9 Å². The molecule has 27 heavy (non-hydrogen) atoms. The number of aromatic nitrogens is 6. The number of fused-ring (bicyclic) bond motifs is 1. The van der Waals surface area contributed by atoms with Crippen molar-refractivity contribution in [2.45, 2.75) is 27.3 Å². The predicted molar refractivity (Wildman–Crippen MR) is 106 cm³/mol. The van der Waals surface area contributed by atoms with Gasteiger partial charge in [0.05, 0.1) is 6.20 Å². The number of nitrogens with two attached hydrogens (primary N) is 1. The maximum Gasteiger partial charge on any atom is 0.229 e. The number of hydrogen-bond donors (Lipinski definition) is 2. The summed E-state index contributed by atoms with van der Waals surface area (Å²) >= 11 is 0. The molecule has 0 aliphatic heterocycles. The van der Waals surface area contributed by atoms with Crippen molar-refractivity contribution in [1.82, 2.24) is 29.5 Å². The molecule has 3 N–H and O–H groups in total. The molecule has 0 bridgehead atoms. The fourth-order valence-electron chi connectivity index (χ4n) is 2.92. The van der Waals surface area contributed by atoms with Crippen LogP contribution in [0.25, 0.3) is 22.7 Å². The Kier molecular flexibility index (Phi) is 4.15. The smallest absolute Gasteiger partial charge is 0.229 e. The van der Waals surface area contributed by atoms with Crippen LogP contribution in [0.2, 0.25) is 0 Å². The molecular formula is C19H20N8. The van der Waals surface area contributed by atoms with Crippen molar-refractivity contribution in [3.05, 3.63) is 47.8 Å². The first-order valence-electron chi connectivity index (χ1n) is 8.71. The number of nitrogen functional groups attached to an aromatic ring is 1. The average Bonchev–Trinajstić information content (AvgIpc) is 3.02. The Bertz CT molecular complexity index is 1130. The third-order valence-electron chi connectivity index (χ3n) is 4.47. The number of rotatable bonds is 4. The second-order valence-corrected chi connectivity index (χ2v) is 6.31. The van der Waals surface area contributed by atoms with E-state index in [0.29, 0.717) is 29.5 Å². The maximum atomic E-state index is 5.72. The maximum absolute atomic E-state index is 5.72. The Morgan fingerprint density at radius 2 is 1.89 bits per heavy atom. The molecule has 8 heteroatoms. The molecule has 4 aromatic rings. The van der Waals surface area contributed by atoms with E-state index < -0.39 is 0 Å². The van der Waals surface area contributed by atoms with Crippen LogP contribution in [-0.2, 0) is 6.54 Å². The highest BCUT2D eigenvalue weighted by Gasteiger charge is 2.15. The number of nitrogens with zero attached hydrogens (tertiary/aromatic N) is 6. The zero-order valence-corrected chi connectivity index (χ0v) is 15.4. The lowest BCUT2D eigenvalue weighted by atomic mass is 10.1. The van der Waals surface area contributed by atoms with Crippen molar-refractivity contribution >= 4 is 28.7 Å². The summed E-state index contributed by atoms with van der Waals surface area (Å²) in [6.07, 6.45) is 3.33. The molecule has 4 rings (SSSR count). The van der Waals surface area contributed by atoms with Gasteiger partial charge in [-0.1, -0.05) is 6.07 Å². The molecule has 0 unspecified atom stereocenters. The van der Waals surface area contributed by atoms with Crippen LogP contribution < -0.4 is 11.1 Å². The summed E-state index contributed by atoms with van der Waals surface area (Å²) in [5.41, 5.74) is 11.2. The van der Waals surface area contributed by atoms with Crippen molar-refractivity contribution in [3.8, 4) is 11.5 Å². The lowest BCUT2D eigenvalue weighted by molar-refractivity contribution is 0.783. The van der Waals surface area contributed by atoms with Gasteiger partial charge < -0.3 is 15.6 Å². The molecule has 136 valence electrons. The number of aryl methyl sites for hydroxylation is 3. The first-order chi connectivity index (χ1) is 13.0. The first kappa shape index (κ1) is 16.9. The van der Waals surface area contributed by atoms with Gasteiger partial charge in [-0.2, -0.15) is 4.98 Å². The van der Waals surface area contributed by atoms with Gasteiger partial charge in [-0.05, 0) is 50.1 Å². The van der Waals surface area contributed by atoms with Gasteiger partial charge in [0, 0.05) is 18.4 Å². The van der Waals surface area contributed by atoms with Gasteiger partial charge >= 0.3 is 0 Å². The van der Waals surface area contributed by atoms with Crippen LogP contribution in [0.1, 0.15) is 18.1 Å². The molecule has 0 spiro atoms. The van der Waals surface area contributed by atoms with Crippen LogP contribution >= 0.6 is 0 Å². The quantitative estimate of drug-likeness (QED) is 0.575. The van der Waals surface area contributed by atoms with Crippen molar-refractivity contribution < 1.29 is 0 Å². The van der Waals surface area contributed by atoms with Crippen molar-refractivity contribution in [2.75, 3.05) is 11.1 Å². The summed E-state index contributed by atoms with van der Waals surface area (Å²) in [5.74, 6) is 1.43. The molecule has 0 atom stereocenters. The lowest BCUT2D eigenvalue weighted by Crippen LogP contribution is -2.03. The minimum atomic E-state index is 0.213. The summed E-state index contributed by atoms with van der Waals surface area (Å²) in [7, 11) is 0. The second kappa shape index (κ2) is 6.64. The molecule has 0 amide bonds. The molecule has 0 aliphatic carbocycles. The SMILES string of the molecule is CCn1c(-c2ccnc(N)n2)nc2cnc(Nc3ccc(C)c(C)c3)nc21. The first-order valence-corrected chi connectivity index (χ1v) is 8.71. The number of imidazole rings is 1. The number of nitrogens with one attached hydrogen (secondary N) is 1. The summed E-state index contributed by atoms with van der Waals surface area (Å²) in [4.78, 5) is 21.9. The molecule has 0 saturated heterocycles. The van der Waals surface area contributed by atoms with E-state index in [-0.39, 0.29) is 5.95 Å². The van der Waals surface area contributed by atoms with Crippen LogP contribution in [-0.4, -0.2) is 29.5 Å². The predicted octanol–water partition coefficient (Wildman–Crippen LogP) is 3.25. The van der Waals surface area contributed by atoms with E-state index in [1.165, 1.54) is 11.1 Å². The second-order valence-electron chi connectivity index (χ2n) is 6.31. The van der Waals surface area contributed by atoms with Crippen LogP contribution in [0.4, 0.5) is 17.6 Å². The van der Waals surface area contributed by atoms with E-state index in [2.05, 4.69) is 56.2 Å². The normalized spacial score (nSPS) is 11.1. The third-order valence-corrected chi connectivity index (χ3v) is 4.47. The minimum Gasteiger partial charge on any atom is -0.368 e.